The van der Waals surface area contributed by atoms with E-state index >= 15 is 0 Å². The van der Waals surface area contributed by atoms with E-state index in [4.69, 9.17) is 4.52 Å². The van der Waals surface area contributed by atoms with Gasteiger partial charge < -0.3 is 14.8 Å². The number of hydrogen-bond donors (Lipinski definition) is 2. The molecule has 2 N–H and O–H groups in total. The Labute approximate surface area is 127 Å². The van der Waals surface area contributed by atoms with Gasteiger partial charge in [0.05, 0.1) is 12.2 Å². The van der Waals surface area contributed by atoms with Crippen LogP contribution in [-0.4, -0.2) is 25.8 Å². The van der Waals surface area contributed by atoms with Gasteiger partial charge in [-0.05, 0) is 32.4 Å². The van der Waals surface area contributed by atoms with Gasteiger partial charge in [-0.1, -0.05) is 5.16 Å². The number of carbonyl (C=O) groups excluding carboxylic acids is 1. The van der Waals surface area contributed by atoms with Crippen molar-refractivity contribution in [1.29, 1.82) is 0 Å². The van der Waals surface area contributed by atoms with Crippen molar-refractivity contribution in [2.45, 2.75) is 27.3 Å². The number of hydrogen-bond acceptors (Lipinski definition) is 4. The van der Waals surface area contributed by atoms with Crippen molar-refractivity contribution in [2.75, 3.05) is 5.32 Å². The second-order valence-electron chi connectivity index (χ2n) is 5.25. The first-order chi connectivity index (χ1) is 10.5. The van der Waals surface area contributed by atoms with Crippen LogP contribution in [0.4, 0.5) is 5.82 Å². The fourth-order valence-electron chi connectivity index (χ4n) is 2.22. The Kier molecular flexibility index (Phi) is 3.54. The van der Waals surface area contributed by atoms with Crippen LogP contribution in [0, 0.1) is 20.8 Å². The number of nitrogens with one attached hydrogen (secondary N) is 2. The Morgan fingerprint density at radius 2 is 2.23 bits per heavy atom. The van der Waals surface area contributed by atoms with Crippen molar-refractivity contribution in [1.82, 2.24) is 19.9 Å². The molecular formula is C15H17N5O2. The van der Waals surface area contributed by atoms with E-state index < -0.39 is 0 Å². The SMILES string of the molecule is Cc1c[nH]c(C(=O)Nc2ccn(Cc3c(C)noc3C)n2)c1. The molecule has 0 aliphatic rings. The molecule has 0 aliphatic heterocycles. The molecule has 3 aromatic heterocycles. The van der Waals surface area contributed by atoms with Crippen molar-refractivity contribution >= 4 is 11.7 Å². The van der Waals surface area contributed by atoms with Gasteiger partial charge in [0.1, 0.15) is 11.5 Å². The smallest absolute Gasteiger partial charge is 0.273 e. The van der Waals surface area contributed by atoms with Gasteiger partial charge in [-0.25, -0.2) is 0 Å². The summed E-state index contributed by atoms with van der Waals surface area (Å²) in [7, 11) is 0. The Morgan fingerprint density at radius 1 is 1.41 bits per heavy atom. The van der Waals surface area contributed by atoms with Crippen molar-refractivity contribution in [3.05, 3.63) is 52.8 Å². The van der Waals surface area contributed by atoms with E-state index in [0.717, 1.165) is 22.6 Å². The van der Waals surface area contributed by atoms with E-state index in [1.165, 1.54) is 0 Å². The molecule has 0 unspecified atom stereocenters. The van der Waals surface area contributed by atoms with E-state index in [1.807, 2.05) is 20.8 Å². The lowest BCUT2D eigenvalue weighted by atomic mass is 10.2. The molecule has 0 fully saturated rings. The summed E-state index contributed by atoms with van der Waals surface area (Å²) >= 11 is 0. The summed E-state index contributed by atoms with van der Waals surface area (Å²) in [6, 6.07) is 3.54. The van der Waals surface area contributed by atoms with Crippen LogP contribution in [0.2, 0.25) is 0 Å². The maximum atomic E-state index is 12.0. The molecule has 0 atom stereocenters. The van der Waals surface area contributed by atoms with Gasteiger partial charge in [0, 0.05) is 24.0 Å². The number of anilines is 1. The standard InChI is InChI=1S/C15H17N5O2/c1-9-6-13(16-7-9)15(21)17-14-4-5-20(18-14)8-12-10(2)19-22-11(12)3/h4-7,16H,8H2,1-3H3,(H,17,18,21). The van der Waals surface area contributed by atoms with E-state index in [2.05, 4.69) is 20.6 Å². The highest BCUT2D eigenvalue weighted by atomic mass is 16.5. The molecule has 3 aromatic rings. The topological polar surface area (TPSA) is 88.7 Å². The molecule has 22 heavy (non-hydrogen) atoms. The van der Waals surface area contributed by atoms with Crippen LogP contribution in [-0.2, 0) is 6.54 Å². The fourth-order valence-corrected chi connectivity index (χ4v) is 2.22. The van der Waals surface area contributed by atoms with Crippen LogP contribution >= 0.6 is 0 Å². The third kappa shape index (κ3) is 2.78. The number of carbonyl (C=O) groups is 1. The first-order valence-electron chi connectivity index (χ1n) is 6.94. The summed E-state index contributed by atoms with van der Waals surface area (Å²) in [6.07, 6.45) is 3.59. The minimum Gasteiger partial charge on any atom is -0.361 e. The largest absolute Gasteiger partial charge is 0.361 e. The fraction of sp³-hybridized carbons (Fsp3) is 0.267. The molecular weight excluding hydrogens is 282 g/mol. The van der Waals surface area contributed by atoms with Crippen LogP contribution < -0.4 is 5.32 Å². The van der Waals surface area contributed by atoms with Crippen molar-refractivity contribution in [3.63, 3.8) is 0 Å². The van der Waals surface area contributed by atoms with Crippen molar-refractivity contribution in [2.24, 2.45) is 0 Å². The van der Waals surface area contributed by atoms with Crippen LogP contribution in [0.3, 0.4) is 0 Å². The lowest BCUT2D eigenvalue weighted by Crippen LogP contribution is -2.13. The summed E-state index contributed by atoms with van der Waals surface area (Å²) < 4.78 is 6.87. The average Bonchev–Trinajstić information content (AvgIpc) is 3.17. The number of nitrogens with zero attached hydrogens (tertiary/aromatic N) is 3. The van der Waals surface area contributed by atoms with Gasteiger partial charge in [0.25, 0.3) is 5.91 Å². The van der Waals surface area contributed by atoms with Crippen LogP contribution in [0.15, 0.2) is 29.0 Å². The Morgan fingerprint density at radius 3 is 2.86 bits per heavy atom. The first kappa shape index (κ1) is 14.1. The second-order valence-corrected chi connectivity index (χ2v) is 5.25. The normalized spacial score (nSPS) is 10.9. The van der Waals surface area contributed by atoms with Crippen LogP contribution in [0.5, 0.6) is 0 Å². The number of aromatic amines is 1. The molecule has 0 aliphatic carbocycles. The first-order valence-corrected chi connectivity index (χ1v) is 6.94. The zero-order valence-corrected chi connectivity index (χ0v) is 12.7. The molecule has 0 saturated heterocycles. The van der Waals surface area contributed by atoms with E-state index in [-0.39, 0.29) is 5.91 Å². The maximum Gasteiger partial charge on any atom is 0.273 e. The van der Waals surface area contributed by atoms with E-state index in [0.29, 0.717) is 18.1 Å². The number of rotatable bonds is 4. The van der Waals surface area contributed by atoms with Crippen molar-refractivity contribution < 1.29 is 9.32 Å². The lowest BCUT2D eigenvalue weighted by molar-refractivity contribution is 0.102. The number of aryl methyl sites for hydroxylation is 3. The molecule has 0 bridgehead atoms. The van der Waals surface area contributed by atoms with Crippen molar-refractivity contribution in [3.8, 4) is 0 Å². The molecule has 0 saturated carbocycles. The summed E-state index contributed by atoms with van der Waals surface area (Å²) in [6.45, 7) is 6.24. The van der Waals surface area contributed by atoms with Gasteiger partial charge in [-0.2, -0.15) is 5.10 Å². The minimum atomic E-state index is -0.212. The molecule has 1 amide bonds. The van der Waals surface area contributed by atoms with Gasteiger partial charge in [-0.15, -0.1) is 0 Å². The summed E-state index contributed by atoms with van der Waals surface area (Å²) in [4.78, 5) is 15.0. The van der Waals surface area contributed by atoms with E-state index in [9.17, 15) is 4.79 Å². The highest BCUT2D eigenvalue weighted by Crippen LogP contribution is 2.14. The molecule has 0 radical (unpaired) electrons. The predicted octanol–water partition coefficient (Wildman–Crippen LogP) is 2.43. The molecule has 3 rings (SSSR count). The Balaban J connectivity index is 1.70. The van der Waals surface area contributed by atoms with Crippen LogP contribution in [0.25, 0.3) is 0 Å². The maximum absolute atomic E-state index is 12.0. The number of H-pyrrole nitrogens is 1. The molecule has 0 aromatic carbocycles. The predicted molar refractivity (Wildman–Crippen MR) is 80.8 cm³/mol. The minimum absolute atomic E-state index is 0.212. The van der Waals surface area contributed by atoms with Crippen LogP contribution in [0.1, 0.15) is 33.1 Å². The summed E-state index contributed by atoms with van der Waals surface area (Å²) in [5.41, 5.74) is 3.37. The Hall–Kier alpha value is -2.83. The molecule has 7 nitrogen and oxygen atoms in total. The Bertz CT molecular complexity index is 792. The molecule has 114 valence electrons. The third-order valence-corrected chi connectivity index (χ3v) is 3.46. The second kappa shape index (κ2) is 5.51. The lowest BCUT2D eigenvalue weighted by Gasteiger charge is -2.01. The summed E-state index contributed by atoms with van der Waals surface area (Å²) in [5.74, 6) is 1.07. The highest BCUT2D eigenvalue weighted by molar-refractivity contribution is 6.02. The van der Waals surface area contributed by atoms with Gasteiger partial charge >= 0.3 is 0 Å². The average molecular weight is 299 g/mol. The monoisotopic (exact) mass is 299 g/mol. The number of aromatic nitrogens is 4. The number of amides is 1. The molecule has 3 heterocycles. The quantitative estimate of drug-likeness (QED) is 0.774. The third-order valence-electron chi connectivity index (χ3n) is 3.46. The van der Waals surface area contributed by atoms with E-state index in [1.54, 1.807) is 29.2 Å². The van der Waals surface area contributed by atoms with Gasteiger partial charge in [-0.3, -0.25) is 9.48 Å². The zero-order valence-electron chi connectivity index (χ0n) is 12.7. The zero-order chi connectivity index (χ0) is 15.7. The van der Waals surface area contributed by atoms with Gasteiger partial charge in [0.2, 0.25) is 0 Å². The highest BCUT2D eigenvalue weighted by Gasteiger charge is 2.12. The molecule has 0 spiro atoms. The van der Waals surface area contributed by atoms with Gasteiger partial charge in [0.15, 0.2) is 5.82 Å². The summed E-state index contributed by atoms with van der Waals surface area (Å²) in [5, 5.41) is 11.0. The molecule has 7 heteroatoms.